The van der Waals surface area contributed by atoms with Gasteiger partial charge in [0.05, 0.1) is 16.8 Å². The summed E-state index contributed by atoms with van der Waals surface area (Å²) in [5.41, 5.74) is 4.08. The van der Waals surface area contributed by atoms with Crippen LogP contribution in [0.4, 0.5) is 0 Å². The average molecular weight is 266 g/mol. The highest BCUT2D eigenvalue weighted by Crippen LogP contribution is 2.37. The third kappa shape index (κ3) is 1.85. The van der Waals surface area contributed by atoms with E-state index < -0.39 is 5.41 Å². The van der Waals surface area contributed by atoms with Crippen molar-refractivity contribution in [2.24, 2.45) is 0 Å². The molecule has 0 amide bonds. The summed E-state index contributed by atoms with van der Waals surface area (Å²) in [6.45, 7) is 5.97. The molecule has 1 atom stereocenters. The van der Waals surface area contributed by atoms with E-state index in [1.54, 1.807) is 6.20 Å². The van der Waals surface area contributed by atoms with Crippen molar-refractivity contribution in [3.63, 3.8) is 0 Å². The number of fused-ring (bicyclic) bond motifs is 1. The summed E-state index contributed by atoms with van der Waals surface area (Å²) in [4.78, 5) is 21.9. The fourth-order valence-electron chi connectivity index (χ4n) is 3.10. The second-order valence-electron chi connectivity index (χ2n) is 5.78. The van der Waals surface area contributed by atoms with E-state index in [0.717, 1.165) is 41.1 Å². The molecule has 0 fully saturated rings. The Morgan fingerprint density at radius 2 is 2.05 bits per heavy atom. The maximum absolute atomic E-state index is 13.0. The van der Waals surface area contributed by atoms with Gasteiger partial charge in [-0.1, -0.05) is 6.07 Å². The minimum Gasteiger partial charge on any atom is -0.293 e. The molecule has 2 aromatic heterocycles. The molecule has 1 aliphatic carbocycles. The normalized spacial score (nSPS) is 21.6. The van der Waals surface area contributed by atoms with Gasteiger partial charge in [0.2, 0.25) is 0 Å². The maximum Gasteiger partial charge on any atom is 0.176 e. The number of aromatic nitrogens is 2. The van der Waals surface area contributed by atoms with Gasteiger partial charge in [-0.25, -0.2) is 0 Å². The van der Waals surface area contributed by atoms with Crippen LogP contribution in [0, 0.1) is 13.8 Å². The molecule has 0 bridgehead atoms. The first-order valence-corrected chi connectivity index (χ1v) is 6.96. The first-order chi connectivity index (χ1) is 9.52. The molecular weight excluding hydrogens is 248 g/mol. The van der Waals surface area contributed by atoms with Gasteiger partial charge in [0.25, 0.3) is 0 Å². The number of aryl methyl sites for hydroxylation is 3. The molecule has 20 heavy (non-hydrogen) atoms. The van der Waals surface area contributed by atoms with E-state index in [4.69, 9.17) is 0 Å². The minimum atomic E-state index is -0.532. The number of hydrogen-bond acceptors (Lipinski definition) is 3. The number of ketones is 1. The molecule has 3 rings (SSSR count). The lowest BCUT2D eigenvalue weighted by molar-refractivity contribution is 0.0870. The molecule has 0 aliphatic heterocycles. The van der Waals surface area contributed by atoms with Crippen molar-refractivity contribution in [3.05, 3.63) is 58.7 Å². The number of Topliss-reactive ketones (excluding diaryl/α,β-unsaturated/α-hetero) is 1. The summed E-state index contributed by atoms with van der Waals surface area (Å²) in [5.74, 6) is 0.155. The summed E-state index contributed by atoms with van der Waals surface area (Å²) >= 11 is 0. The molecule has 0 saturated heterocycles. The second-order valence-corrected chi connectivity index (χ2v) is 5.78. The third-order valence-electron chi connectivity index (χ3n) is 4.24. The fraction of sp³-hybridized carbons (Fsp3) is 0.353. The third-order valence-corrected chi connectivity index (χ3v) is 4.24. The van der Waals surface area contributed by atoms with Crippen LogP contribution >= 0.6 is 0 Å². The predicted molar refractivity (Wildman–Crippen MR) is 78.0 cm³/mol. The lowest BCUT2D eigenvalue weighted by atomic mass is 9.70. The summed E-state index contributed by atoms with van der Waals surface area (Å²) in [7, 11) is 0. The SMILES string of the molecule is Cc1cc(C)c2c(n1)CCC(C)(c1ccccn1)C2=O. The van der Waals surface area contributed by atoms with Crippen molar-refractivity contribution < 1.29 is 4.79 Å². The Balaban J connectivity index is 2.14. The van der Waals surface area contributed by atoms with Crippen molar-refractivity contribution in [1.82, 2.24) is 9.97 Å². The number of carbonyl (C=O) groups excluding carboxylic acids is 1. The number of hydrogen-bond donors (Lipinski definition) is 0. The molecule has 2 heterocycles. The molecule has 1 aliphatic rings. The smallest absolute Gasteiger partial charge is 0.176 e. The first-order valence-electron chi connectivity index (χ1n) is 6.96. The van der Waals surface area contributed by atoms with Gasteiger partial charge < -0.3 is 0 Å². The molecule has 0 aromatic carbocycles. The van der Waals surface area contributed by atoms with E-state index in [1.165, 1.54) is 0 Å². The van der Waals surface area contributed by atoms with Gasteiger partial charge in [0, 0.05) is 17.5 Å². The molecule has 1 unspecified atom stereocenters. The van der Waals surface area contributed by atoms with Crippen LogP contribution in [-0.2, 0) is 11.8 Å². The topological polar surface area (TPSA) is 42.9 Å². The number of rotatable bonds is 1. The Bertz CT molecular complexity index is 679. The van der Waals surface area contributed by atoms with Gasteiger partial charge in [-0.15, -0.1) is 0 Å². The van der Waals surface area contributed by atoms with Crippen molar-refractivity contribution in [2.75, 3.05) is 0 Å². The fourth-order valence-corrected chi connectivity index (χ4v) is 3.10. The highest BCUT2D eigenvalue weighted by atomic mass is 16.1. The van der Waals surface area contributed by atoms with Gasteiger partial charge in [-0.3, -0.25) is 14.8 Å². The van der Waals surface area contributed by atoms with E-state index in [-0.39, 0.29) is 5.78 Å². The average Bonchev–Trinajstić information content (AvgIpc) is 2.43. The zero-order valence-corrected chi connectivity index (χ0v) is 12.1. The number of pyridine rings is 2. The first kappa shape index (κ1) is 13.0. The van der Waals surface area contributed by atoms with Crippen molar-refractivity contribution in [2.45, 2.75) is 39.0 Å². The summed E-state index contributed by atoms with van der Waals surface area (Å²) < 4.78 is 0. The van der Waals surface area contributed by atoms with Crippen LogP contribution in [0.25, 0.3) is 0 Å². The van der Waals surface area contributed by atoms with Gasteiger partial charge >= 0.3 is 0 Å². The molecular formula is C17H18N2O. The van der Waals surface area contributed by atoms with Crippen molar-refractivity contribution in [1.29, 1.82) is 0 Å². The van der Waals surface area contributed by atoms with Crippen LogP contribution in [0.3, 0.4) is 0 Å². The van der Waals surface area contributed by atoms with Crippen molar-refractivity contribution >= 4 is 5.78 Å². The Morgan fingerprint density at radius 3 is 2.75 bits per heavy atom. The van der Waals surface area contributed by atoms with E-state index >= 15 is 0 Å². The Morgan fingerprint density at radius 1 is 1.25 bits per heavy atom. The maximum atomic E-state index is 13.0. The molecule has 0 spiro atoms. The Kier molecular flexibility index (Phi) is 2.93. The Hall–Kier alpha value is -2.03. The molecule has 0 saturated carbocycles. The van der Waals surface area contributed by atoms with Crippen LogP contribution in [-0.4, -0.2) is 15.8 Å². The van der Waals surface area contributed by atoms with Crippen LogP contribution < -0.4 is 0 Å². The van der Waals surface area contributed by atoms with Gasteiger partial charge in [0.15, 0.2) is 5.78 Å². The Labute approximate surface area is 119 Å². The molecule has 102 valence electrons. The van der Waals surface area contributed by atoms with E-state index in [0.29, 0.717) is 0 Å². The summed E-state index contributed by atoms with van der Waals surface area (Å²) in [5, 5.41) is 0. The lowest BCUT2D eigenvalue weighted by Gasteiger charge is -2.33. The predicted octanol–water partition coefficient (Wildman–Crippen LogP) is 3.18. The quantitative estimate of drug-likeness (QED) is 0.796. The highest BCUT2D eigenvalue weighted by Gasteiger charge is 2.42. The molecule has 2 aromatic rings. The molecule has 0 N–H and O–H groups in total. The van der Waals surface area contributed by atoms with Crippen LogP contribution in [0.15, 0.2) is 30.5 Å². The monoisotopic (exact) mass is 266 g/mol. The summed E-state index contributed by atoms with van der Waals surface area (Å²) in [6, 6.07) is 7.75. The number of carbonyl (C=O) groups is 1. The van der Waals surface area contributed by atoms with Crippen molar-refractivity contribution in [3.8, 4) is 0 Å². The zero-order chi connectivity index (χ0) is 14.3. The van der Waals surface area contributed by atoms with Gasteiger partial charge in [-0.2, -0.15) is 0 Å². The van der Waals surface area contributed by atoms with Crippen LogP contribution in [0.2, 0.25) is 0 Å². The number of nitrogens with zero attached hydrogens (tertiary/aromatic N) is 2. The lowest BCUT2D eigenvalue weighted by Crippen LogP contribution is -2.39. The highest BCUT2D eigenvalue weighted by molar-refractivity contribution is 6.06. The van der Waals surface area contributed by atoms with Gasteiger partial charge in [-0.05, 0) is 57.4 Å². The minimum absolute atomic E-state index is 0.155. The van der Waals surface area contributed by atoms with Crippen LogP contribution in [0.1, 0.15) is 46.3 Å². The largest absolute Gasteiger partial charge is 0.293 e. The molecule has 3 heteroatoms. The van der Waals surface area contributed by atoms with Gasteiger partial charge in [0.1, 0.15) is 0 Å². The van der Waals surface area contributed by atoms with Crippen LogP contribution in [0.5, 0.6) is 0 Å². The summed E-state index contributed by atoms with van der Waals surface area (Å²) in [6.07, 6.45) is 3.35. The zero-order valence-electron chi connectivity index (χ0n) is 12.1. The van der Waals surface area contributed by atoms with E-state index in [1.807, 2.05) is 45.0 Å². The standard InChI is InChI=1S/C17H18N2O/c1-11-10-12(2)19-13-7-8-17(3,16(20)15(11)13)14-6-4-5-9-18-14/h4-6,9-10H,7-8H2,1-3H3. The second kappa shape index (κ2) is 4.51. The van der Waals surface area contributed by atoms with E-state index in [2.05, 4.69) is 9.97 Å². The molecule has 0 radical (unpaired) electrons. The van der Waals surface area contributed by atoms with E-state index in [9.17, 15) is 4.79 Å². The molecule has 3 nitrogen and oxygen atoms in total.